The molecule has 1 aliphatic heterocycles. The first kappa shape index (κ1) is 19.0. The molecular formula is C19H15N6O5+. The van der Waals surface area contributed by atoms with Gasteiger partial charge in [0.25, 0.3) is 12.1 Å². The predicted molar refractivity (Wildman–Crippen MR) is 101 cm³/mol. The number of aromatic nitrogens is 2. The van der Waals surface area contributed by atoms with E-state index in [2.05, 4.69) is 25.6 Å². The standard InChI is InChI=1S/C19H14N6O5/c1-12-2-6-15(7-3-12)25-16(19(28)30-23-25)10-20-21-18(27)13-4-8-14(9-5-13)24-11-17(26)29-22-24/h2-11,23H,1H3/p+1/b16-10-,21-20?. The number of nitrogens with zero attached hydrogens (tertiary/aromatic N) is 4. The molecule has 1 fully saturated rings. The summed E-state index contributed by atoms with van der Waals surface area (Å²) < 4.78 is 5.94. The molecular weight excluding hydrogens is 392 g/mol. The van der Waals surface area contributed by atoms with Crippen molar-refractivity contribution >= 4 is 17.6 Å². The molecule has 1 aromatic heterocycles. The molecule has 0 radical (unpaired) electrons. The highest BCUT2D eigenvalue weighted by Crippen LogP contribution is 2.22. The number of aryl methyl sites for hydroxylation is 1. The minimum atomic E-state index is -0.655. The summed E-state index contributed by atoms with van der Waals surface area (Å²) in [6.07, 6.45) is 2.36. The van der Waals surface area contributed by atoms with Crippen LogP contribution in [-0.2, 0) is 9.63 Å². The van der Waals surface area contributed by atoms with Gasteiger partial charge in [0.15, 0.2) is 5.70 Å². The van der Waals surface area contributed by atoms with Crippen LogP contribution in [0.4, 0.5) is 5.69 Å². The average molecular weight is 407 g/mol. The lowest BCUT2D eigenvalue weighted by atomic mass is 10.2. The molecule has 0 aliphatic carbocycles. The van der Waals surface area contributed by atoms with Gasteiger partial charge in [-0.05, 0) is 41.1 Å². The van der Waals surface area contributed by atoms with Gasteiger partial charge in [-0.2, -0.15) is 5.11 Å². The van der Waals surface area contributed by atoms with E-state index in [4.69, 9.17) is 4.84 Å². The van der Waals surface area contributed by atoms with Gasteiger partial charge < -0.3 is 4.84 Å². The molecule has 2 aromatic carbocycles. The van der Waals surface area contributed by atoms with Gasteiger partial charge >= 0.3 is 11.6 Å². The van der Waals surface area contributed by atoms with Gasteiger partial charge in [-0.15, -0.1) is 5.11 Å². The van der Waals surface area contributed by atoms with Gasteiger partial charge in [0, 0.05) is 17.7 Å². The van der Waals surface area contributed by atoms with Crippen molar-refractivity contribution in [1.82, 2.24) is 10.9 Å². The van der Waals surface area contributed by atoms with Crippen LogP contribution in [0, 0.1) is 6.92 Å². The number of rotatable bonds is 4. The molecule has 2 heterocycles. The molecule has 0 unspecified atom stereocenters. The maximum Gasteiger partial charge on any atom is 0.427 e. The first-order chi connectivity index (χ1) is 14.5. The molecule has 11 heteroatoms. The Balaban J connectivity index is 1.48. The second-order valence-corrected chi connectivity index (χ2v) is 6.25. The highest BCUT2D eigenvalue weighted by atomic mass is 16.7. The maximum absolute atomic E-state index is 12.2. The van der Waals surface area contributed by atoms with Crippen molar-refractivity contribution < 1.29 is 23.6 Å². The molecule has 2 N–H and O–H groups in total. The Morgan fingerprint density at radius 1 is 1.10 bits per heavy atom. The summed E-state index contributed by atoms with van der Waals surface area (Å²) in [7, 11) is 0. The SMILES string of the molecule is Cc1ccc(N2NOC(=O)/C2=C/N=NC(=O)c2ccc(-[n+]3cc(=O)o[nH]3)cc2)cc1. The fraction of sp³-hybridized carbons (Fsp3) is 0.0526. The second-order valence-electron chi connectivity index (χ2n) is 6.25. The molecule has 3 aromatic rings. The largest absolute Gasteiger partial charge is 0.427 e. The average Bonchev–Trinajstić information content (AvgIpc) is 3.35. The van der Waals surface area contributed by atoms with E-state index < -0.39 is 17.5 Å². The molecule has 1 aliphatic rings. The molecule has 0 bridgehead atoms. The maximum atomic E-state index is 12.2. The monoisotopic (exact) mass is 407 g/mol. The number of anilines is 1. The van der Waals surface area contributed by atoms with E-state index >= 15 is 0 Å². The summed E-state index contributed by atoms with van der Waals surface area (Å²) in [6.45, 7) is 1.94. The highest BCUT2D eigenvalue weighted by molar-refractivity contribution is 5.95. The Morgan fingerprint density at radius 2 is 1.83 bits per heavy atom. The Labute approximate surface area is 168 Å². The Morgan fingerprint density at radius 3 is 2.50 bits per heavy atom. The summed E-state index contributed by atoms with van der Waals surface area (Å²) >= 11 is 0. The van der Waals surface area contributed by atoms with Gasteiger partial charge in [0.2, 0.25) is 5.69 Å². The van der Waals surface area contributed by atoms with E-state index in [1.165, 1.54) is 28.0 Å². The molecule has 4 rings (SSSR count). The summed E-state index contributed by atoms with van der Waals surface area (Å²) in [5.74, 6) is -1.26. The van der Waals surface area contributed by atoms with Crippen molar-refractivity contribution in [1.29, 1.82) is 0 Å². The van der Waals surface area contributed by atoms with Gasteiger partial charge in [-0.1, -0.05) is 23.3 Å². The van der Waals surface area contributed by atoms with Crippen LogP contribution in [0.5, 0.6) is 0 Å². The molecule has 0 atom stereocenters. The number of benzene rings is 2. The lowest BCUT2D eigenvalue weighted by Gasteiger charge is -2.14. The van der Waals surface area contributed by atoms with E-state index in [-0.39, 0.29) is 11.3 Å². The van der Waals surface area contributed by atoms with Crippen LogP contribution in [0.2, 0.25) is 0 Å². The molecule has 1 amide bonds. The van der Waals surface area contributed by atoms with Gasteiger partial charge in [-0.25, -0.2) is 14.6 Å². The molecule has 0 saturated carbocycles. The molecule has 0 spiro atoms. The zero-order valence-electron chi connectivity index (χ0n) is 15.6. The first-order valence-corrected chi connectivity index (χ1v) is 8.71. The quantitative estimate of drug-likeness (QED) is 0.380. The number of azo groups is 1. The number of amides is 1. The van der Waals surface area contributed by atoms with E-state index in [1.54, 1.807) is 24.3 Å². The van der Waals surface area contributed by atoms with E-state index in [0.717, 1.165) is 11.8 Å². The van der Waals surface area contributed by atoms with Gasteiger partial charge in [-0.3, -0.25) is 9.32 Å². The van der Waals surface area contributed by atoms with Crippen LogP contribution >= 0.6 is 0 Å². The summed E-state index contributed by atoms with van der Waals surface area (Å²) in [4.78, 5) is 40.0. The van der Waals surface area contributed by atoms with Crippen molar-refractivity contribution in [2.75, 3.05) is 5.01 Å². The zero-order chi connectivity index (χ0) is 21.1. The number of hydrogen-bond donors (Lipinski definition) is 2. The number of carbonyl (C=O) groups is 2. The molecule has 150 valence electrons. The van der Waals surface area contributed by atoms with Crippen molar-refractivity contribution in [3.63, 3.8) is 0 Å². The van der Waals surface area contributed by atoms with Crippen LogP contribution in [0.25, 0.3) is 5.69 Å². The minimum absolute atomic E-state index is 0.0751. The fourth-order valence-electron chi connectivity index (χ4n) is 2.61. The summed E-state index contributed by atoms with van der Waals surface area (Å²) in [5.41, 5.74) is 4.60. The number of nitrogens with one attached hydrogen (secondary N) is 2. The van der Waals surface area contributed by atoms with Crippen LogP contribution < -0.4 is 20.9 Å². The van der Waals surface area contributed by atoms with E-state index in [9.17, 15) is 14.4 Å². The van der Waals surface area contributed by atoms with Crippen molar-refractivity contribution in [2.45, 2.75) is 6.92 Å². The lowest BCUT2D eigenvalue weighted by Crippen LogP contribution is -2.32. The minimum Gasteiger partial charge on any atom is -0.345 e. The Bertz CT molecular complexity index is 1210. The summed E-state index contributed by atoms with van der Waals surface area (Å²) in [6, 6.07) is 13.6. The number of aromatic amines is 1. The third-order valence-corrected chi connectivity index (χ3v) is 4.17. The third-order valence-electron chi connectivity index (χ3n) is 4.17. The van der Waals surface area contributed by atoms with Crippen molar-refractivity contribution in [2.24, 2.45) is 10.2 Å². The highest BCUT2D eigenvalue weighted by Gasteiger charge is 2.29. The normalized spacial score (nSPS) is 15.2. The number of hydrazine groups is 1. The lowest BCUT2D eigenvalue weighted by molar-refractivity contribution is -0.670. The van der Waals surface area contributed by atoms with Crippen LogP contribution in [0.3, 0.4) is 0 Å². The topological polar surface area (TPSA) is 133 Å². The predicted octanol–water partition coefficient (Wildman–Crippen LogP) is 1.47. The number of hydrogen-bond acceptors (Lipinski definition) is 8. The van der Waals surface area contributed by atoms with Crippen molar-refractivity contribution in [3.05, 3.63) is 88.2 Å². The van der Waals surface area contributed by atoms with Gasteiger partial charge in [0.05, 0.1) is 11.9 Å². The number of H-pyrrole nitrogens is 1. The third kappa shape index (κ3) is 3.91. The number of carbonyl (C=O) groups excluding carboxylic acids is 2. The van der Waals surface area contributed by atoms with E-state index in [1.807, 2.05) is 19.1 Å². The smallest absolute Gasteiger partial charge is 0.345 e. The fourth-order valence-corrected chi connectivity index (χ4v) is 2.61. The Hall–Kier alpha value is -4.38. The van der Waals surface area contributed by atoms with Gasteiger partial charge in [0.1, 0.15) is 0 Å². The Kier molecular flexibility index (Phi) is 5.01. The molecule has 1 saturated heterocycles. The van der Waals surface area contributed by atoms with Crippen LogP contribution in [0.1, 0.15) is 15.9 Å². The zero-order valence-corrected chi connectivity index (χ0v) is 15.6. The second kappa shape index (κ2) is 7.93. The van der Waals surface area contributed by atoms with Crippen molar-refractivity contribution in [3.8, 4) is 5.69 Å². The van der Waals surface area contributed by atoms with Crippen LogP contribution in [-0.4, -0.2) is 17.1 Å². The van der Waals surface area contributed by atoms with Crippen LogP contribution in [0.15, 0.2) is 86.2 Å². The van der Waals surface area contributed by atoms with E-state index in [0.29, 0.717) is 11.4 Å². The first-order valence-electron chi connectivity index (χ1n) is 8.71. The summed E-state index contributed by atoms with van der Waals surface area (Å²) in [5, 5.41) is 11.1. The molecule has 30 heavy (non-hydrogen) atoms. The molecule has 11 nitrogen and oxygen atoms in total.